The zero-order chi connectivity index (χ0) is 20.0. The van der Waals surface area contributed by atoms with Crippen LogP contribution in [0.2, 0.25) is 5.15 Å². The van der Waals surface area contributed by atoms with Crippen LogP contribution in [0.4, 0.5) is 0 Å². The first-order valence-corrected chi connectivity index (χ1v) is 9.76. The number of pyridine rings is 1. The summed E-state index contributed by atoms with van der Waals surface area (Å²) < 4.78 is 10.9. The van der Waals surface area contributed by atoms with Gasteiger partial charge in [0, 0.05) is 22.4 Å². The molecule has 5 rings (SSSR count). The standard InChI is InChI=1S/C23H16ClNO4/c24-21-7-5-15-8-16(4-6-19(15)25-21)23(27)28-12-17-11-22(26)29-20-10-14-3-1-2-13(14)9-18(17)20/h4-11H,1-3,12H2. The fourth-order valence-electron chi connectivity index (χ4n) is 3.87. The number of rotatable bonds is 3. The Morgan fingerprint density at radius 2 is 1.90 bits per heavy atom. The lowest BCUT2D eigenvalue weighted by Gasteiger charge is -2.09. The first-order chi connectivity index (χ1) is 14.1. The number of aryl methyl sites for hydroxylation is 2. The quantitative estimate of drug-likeness (QED) is 0.277. The fourth-order valence-corrected chi connectivity index (χ4v) is 4.02. The fraction of sp³-hybridized carbons (Fsp3) is 0.174. The minimum Gasteiger partial charge on any atom is -0.457 e. The van der Waals surface area contributed by atoms with Crippen molar-refractivity contribution >= 4 is 39.4 Å². The Labute approximate surface area is 170 Å². The molecule has 0 aliphatic heterocycles. The van der Waals surface area contributed by atoms with Gasteiger partial charge in [0.1, 0.15) is 17.3 Å². The van der Waals surface area contributed by atoms with E-state index < -0.39 is 11.6 Å². The average Bonchev–Trinajstić information content (AvgIpc) is 3.17. The van der Waals surface area contributed by atoms with Gasteiger partial charge in [-0.2, -0.15) is 0 Å². The SMILES string of the molecule is O=C(OCc1cc(=O)oc2cc3c(cc12)CCC3)c1ccc2nc(Cl)ccc2c1. The molecule has 2 aromatic heterocycles. The van der Waals surface area contributed by atoms with Crippen molar-refractivity contribution in [1.29, 1.82) is 0 Å². The number of benzene rings is 2. The lowest BCUT2D eigenvalue weighted by molar-refractivity contribution is 0.0474. The van der Waals surface area contributed by atoms with Gasteiger partial charge in [-0.3, -0.25) is 0 Å². The normalized spacial score (nSPS) is 13.0. The number of aromatic nitrogens is 1. The van der Waals surface area contributed by atoms with E-state index in [1.165, 1.54) is 17.2 Å². The van der Waals surface area contributed by atoms with E-state index in [2.05, 4.69) is 11.1 Å². The Kier molecular flexibility index (Phi) is 4.32. The van der Waals surface area contributed by atoms with Crippen LogP contribution in [0.3, 0.4) is 0 Å². The molecule has 2 aromatic carbocycles. The number of nitrogens with zero attached hydrogens (tertiary/aromatic N) is 1. The third-order valence-corrected chi connectivity index (χ3v) is 5.50. The minimum atomic E-state index is -0.468. The molecule has 5 nitrogen and oxygen atoms in total. The maximum Gasteiger partial charge on any atom is 0.338 e. The van der Waals surface area contributed by atoms with Crippen LogP contribution in [-0.4, -0.2) is 11.0 Å². The summed E-state index contributed by atoms with van der Waals surface area (Å²) in [5, 5.41) is 2.01. The van der Waals surface area contributed by atoms with Crippen LogP contribution >= 0.6 is 11.6 Å². The molecule has 0 saturated carbocycles. The van der Waals surface area contributed by atoms with Gasteiger partial charge < -0.3 is 9.15 Å². The lowest BCUT2D eigenvalue weighted by atomic mass is 10.0. The van der Waals surface area contributed by atoms with E-state index in [4.69, 9.17) is 20.8 Å². The summed E-state index contributed by atoms with van der Waals surface area (Å²) in [5.74, 6) is -0.468. The highest BCUT2D eigenvalue weighted by Gasteiger charge is 2.16. The van der Waals surface area contributed by atoms with Crippen LogP contribution in [0.5, 0.6) is 0 Å². The number of ether oxygens (including phenoxy) is 1. The second kappa shape index (κ2) is 7.01. The number of fused-ring (bicyclic) bond motifs is 3. The molecular weight excluding hydrogens is 390 g/mol. The summed E-state index contributed by atoms with van der Waals surface area (Å²) in [4.78, 5) is 28.7. The molecule has 0 unspecified atom stereocenters. The predicted molar refractivity (Wildman–Crippen MR) is 110 cm³/mol. The van der Waals surface area contributed by atoms with E-state index in [-0.39, 0.29) is 6.61 Å². The predicted octanol–water partition coefficient (Wildman–Crippen LogP) is 4.84. The Morgan fingerprint density at radius 3 is 2.76 bits per heavy atom. The average molecular weight is 406 g/mol. The highest BCUT2D eigenvalue weighted by atomic mass is 35.5. The van der Waals surface area contributed by atoms with Gasteiger partial charge in [-0.1, -0.05) is 11.6 Å². The van der Waals surface area contributed by atoms with Gasteiger partial charge in [0.15, 0.2) is 0 Å². The van der Waals surface area contributed by atoms with Gasteiger partial charge in [0.05, 0.1) is 11.1 Å². The molecule has 1 aliphatic carbocycles. The molecule has 0 saturated heterocycles. The van der Waals surface area contributed by atoms with E-state index in [1.54, 1.807) is 30.3 Å². The molecule has 2 heterocycles. The summed E-state index contributed by atoms with van der Waals surface area (Å²) in [6, 6.07) is 14.0. The van der Waals surface area contributed by atoms with Crippen LogP contribution in [0.15, 0.2) is 57.7 Å². The molecule has 0 amide bonds. The monoisotopic (exact) mass is 405 g/mol. The Bertz CT molecular complexity index is 1340. The molecule has 29 heavy (non-hydrogen) atoms. The van der Waals surface area contributed by atoms with Gasteiger partial charge in [0.25, 0.3) is 0 Å². The van der Waals surface area contributed by atoms with Gasteiger partial charge in [-0.25, -0.2) is 14.6 Å². The highest BCUT2D eigenvalue weighted by Crippen LogP contribution is 2.29. The van der Waals surface area contributed by atoms with Crippen LogP contribution in [0, 0.1) is 0 Å². The van der Waals surface area contributed by atoms with Crippen molar-refractivity contribution in [2.45, 2.75) is 25.9 Å². The van der Waals surface area contributed by atoms with Crippen molar-refractivity contribution in [2.75, 3.05) is 0 Å². The zero-order valence-corrected chi connectivity index (χ0v) is 16.2. The van der Waals surface area contributed by atoms with Crippen molar-refractivity contribution in [3.05, 3.63) is 86.4 Å². The van der Waals surface area contributed by atoms with Crippen molar-refractivity contribution in [3.8, 4) is 0 Å². The minimum absolute atomic E-state index is 0.00335. The smallest absolute Gasteiger partial charge is 0.338 e. The van der Waals surface area contributed by atoms with Crippen LogP contribution in [-0.2, 0) is 24.2 Å². The molecule has 144 valence electrons. The number of halogens is 1. The van der Waals surface area contributed by atoms with Crippen LogP contribution < -0.4 is 5.63 Å². The summed E-state index contributed by atoms with van der Waals surface area (Å²) >= 11 is 5.90. The second-order valence-corrected chi connectivity index (χ2v) is 7.57. The van der Waals surface area contributed by atoms with E-state index in [0.717, 1.165) is 30.0 Å². The van der Waals surface area contributed by atoms with E-state index in [9.17, 15) is 9.59 Å². The van der Waals surface area contributed by atoms with Gasteiger partial charge in [-0.15, -0.1) is 0 Å². The summed E-state index contributed by atoms with van der Waals surface area (Å²) in [5.41, 5.74) is 4.34. The van der Waals surface area contributed by atoms with Gasteiger partial charge in [-0.05, 0) is 72.9 Å². The zero-order valence-electron chi connectivity index (χ0n) is 15.4. The highest BCUT2D eigenvalue weighted by molar-refractivity contribution is 6.29. The maximum absolute atomic E-state index is 12.6. The van der Waals surface area contributed by atoms with Crippen LogP contribution in [0.25, 0.3) is 21.9 Å². The van der Waals surface area contributed by atoms with Crippen LogP contribution in [0.1, 0.15) is 33.5 Å². The topological polar surface area (TPSA) is 69.4 Å². The third kappa shape index (κ3) is 3.38. The number of hydrogen-bond donors (Lipinski definition) is 0. The molecule has 0 fully saturated rings. The summed E-state index contributed by atoms with van der Waals surface area (Å²) in [6.45, 7) is -0.00335. The molecule has 0 spiro atoms. The summed E-state index contributed by atoms with van der Waals surface area (Å²) in [7, 11) is 0. The molecule has 1 aliphatic rings. The summed E-state index contributed by atoms with van der Waals surface area (Å²) in [6.07, 6.45) is 3.11. The molecule has 0 radical (unpaired) electrons. The van der Waals surface area contributed by atoms with Crippen molar-refractivity contribution in [2.24, 2.45) is 0 Å². The van der Waals surface area contributed by atoms with Gasteiger partial charge >= 0.3 is 11.6 Å². The lowest BCUT2D eigenvalue weighted by Crippen LogP contribution is -2.08. The molecule has 0 N–H and O–H groups in total. The van der Waals surface area contributed by atoms with E-state index >= 15 is 0 Å². The van der Waals surface area contributed by atoms with E-state index in [0.29, 0.717) is 27.4 Å². The van der Waals surface area contributed by atoms with Gasteiger partial charge in [0.2, 0.25) is 0 Å². The third-order valence-electron chi connectivity index (χ3n) is 5.29. The maximum atomic E-state index is 12.6. The number of carbonyl (C=O) groups is 1. The number of esters is 1. The number of carbonyl (C=O) groups excluding carboxylic acids is 1. The van der Waals surface area contributed by atoms with Crippen molar-refractivity contribution in [1.82, 2.24) is 4.98 Å². The van der Waals surface area contributed by atoms with Crippen molar-refractivity contribution in [3.63, 3.8) is 0 Å². The largest absolute Gasteiger partial charge is 0.457 e. The molecule has 4 aromatic rings. The Morgan fingerprint density at radius 1 is 1.07 bits per heavy atom. The first-order valence-electron chi connectivity index (χ1n) is 9.39. The Hall–Kier alpha value is -3.18. The second-order valence-electron chi connectivity index (χ2n) is 7.18. The molecule has 0 bridgehead atoms. The first kappa shape index (κ1) is 17.9. The molecule has 0 atom stereocenters. The van der Waals surface area contributed by atoms with E-state index in [1.807, 2.05) is 6.07 Å². The molecule has 6 heteroatoms. The molecular formula is C23H16ClNO4. The van der Waals surface area contributed by atoms with Crippen molar-refractivity contribution < 1.29 is 13.9 Å². The Balaban J connectivity index is 1.43. The number of hydrogen-bond acceptors (Lipinski definition) is 5.